The first-order chi connectivity index (χ1) is 13.5. The average Bonchev–Trinajstić information content (AvgIpc) is 3.00. The van der Waals surface area contributed by atoms with Crippen LogP contribution in [0.25, 0.3) is 5.69 Å². The molecule has 21 heavy (non-hydrogen) atoms. The lowest BCUT2D eigenvalue weighted by molar-refractivity contribution is 0.00578. The van der Waals surface area contributed by atoms with Gasteiger partial charge in [-0.1, -0.05) is 18.1 Å². The zero-order valence-electron chi connectivity index (χ0n) is 21.3. The molecule has 1 aliphatic heterocycles. The second kappa shape index (κ2) is 4.72. The molecule has 2 heterocycles. The van der Waals surface area contributed by atoms with Gasteiger partial charge in [-0.25, -0.2) is 4.68 Å². The molecule has 0 aliphatic carbocycles. The van der Waals surface area contributed by atoms with Gasteiger partial charge in [-0.15, -0.1) is 0 Å². The Morgan fingerprint density at radius 1 is 1.14 bits per heavy atom. The normalized spacial score (nSPS) is 26.7. The molecular weight excluding hydrogens is 263 g/mol. The van der Waals surface area contributed by atoms with Gasteiger partial charge >= 0.3 is 7.12 Å². The van der Waals surface area contributed by atoms with Gasteiger partial charge < -0.3 is 9.31 Å². The Labute approximate surface area is 138 Å². The highest BCUT2D eigenvalue weighted by molar-refractivity contribution is 6.61. The van der Waals surface area contributed by atoms with Gasteiger partial charge in [0, 0.05) is 10.3 Å². The third-order valence-corrected chi connectivity index (χ3v) is 3.85. The van der Waals surface area contributed by atoms with E-state index in [1.807, 2.05) is 0 Å². The van der Waals surface area contributed by atoms with Gasteiger partial charge in [-0.2, -0.15) is 5.10 Å². The zero-order valence-corrected chi connectivity index (χ0v) is 12.3. The molecule has 1 aromatic carbocycles. The minimum absolute atomic E-state index is 0.0810. The second-order valence-electron chi connectivity index (χ2n) is 5.85. The molecule has 0 radical (unpaired) electrons. The number of para-hydroxylation sites is 1. The van der Waals surface area contributed by atoms with Gasteiger partial charge in [0.15, 0.2) is 0 Å². The highest BCUT2D eigenvalue weighted by atomic mass is 16.7. The lowest BCUT2D eigenvalue weighted by Crippen LogP contribution is -2.41. The first-order valence-corrected chi connectivity index (χ1v) is 6.54. The van der Waals surface area contributed by atoms with E-state index in [0.29, 0.717) is 0 Å². The van der Waals surface area contributed by atoms with Crippen LogP contribution in [0.4, 0.5) is 0 Å². The summed E-state index contributed by atoms with van der Waals surface area (Å²) in [6, 6.07) is -3.17. The number of rotatable bonds is 2. The van der Waals surface area contributed by atoms with Crippen molar-refractivity contribution < 1.29 is 21.6 Å². The third-order valence-electron chi connectivity index (χ3n) is 3.85. The van der Waals surface area contributed by atoms with Gasteiger partial charge in [0.1, 0.15) is 0 Å². The van der Waals surface area contributed by atoms with Crippen molar-refractivity contribution in [1.82, 2.24) is 9.78 Å². The summed E-state index contributed by atoms with van der Waals surface area (Å²) in [6.45, 7) is 4.30. The molecule has 0 saturated carbocycles. The summed E-state index contributed by atoms with van der Waals surface area (Å²) in [4.78, 5) is 0. The molecule has 0 spiro atoms. The van der Waals surface area contributed by atoms with Crippen LogP contribution in [0, 0.1) is 6.85 Å². The smallest absolute Gasteiger partial charge is 0.398 e. The molecule has 1 saturated heterocycles. The van der Waals surface area contributed by atoms with Gasteiger partial charge in [0.05, 0.1) is 30.7 Å². The quantitative estimate of drug-likeness (QED) is 0.798. The first-order valence-electron chi connectivity index (χ1n) is 11.0. The van der Waals surface area contributed by atoms with Crippen LogP contribution in [-0.4, -0.2) is 28.1 Å². The minimum Gasteiger partial charge on any atom is -0.398 e. The van der Waals surface area contributed by atoms with Crippen molar-refractivity contribution in [2.75, 3.05) is 0 Å². The molecule has 4 nitrogen and oxygen atoms in total. The van der Waals surface area contributed by atoms with E-state index in [1.54, 1.807) is 27.7 Å². The number of benzene rings is 1. The minimum atomic E-state index is -2.91. The number of nitrogens with zero attached hydrogens (tertiary/aromatic N) is 2. The molecule has 1 aliphatic rings. The molecule has 1 aromatic heterocycles. The maximum atomic E-state index is 8.27. The predicted octanol–water partition coefficient (Wildman–Crippen LogP) is 2.48. The molecule has 110 valence electrons. The molecule has 1 fully saturated rings. The van der Waals surface area contributed by atoms with Crippen LogP contribution in [0.5, 0.6) is 0 Å². The van der Waals surface area contributed by atoms with Crippen LogP contribution < -0.4 is 5.59 Å². The third kappa shape index (κ3) is 2.41. The Morgan fingerprint density at radius 3 is 2.48 bits per heavy atom. The summed E-state index contributed by atoms with van der Waals surface area (Å²) in [7, 11) is -1.10. The van der Waals surface area contributed by atoms with Gasteiger partial charge in [0.2, 0.25) is 0 Å². The maximum absolute atomic E-state index is 8.27. The summed E-state index contributed by atoms with van der Waals surface area (Å²) in [5.74, 6) is 0. The molecule has 0 amide bonds. The molecule has 3 rings (SSSR count). The lowest BCUT2D eigenvalue weighted by atomic mass is 9.85. The molecule has 0 N–H and O–H groups in total. The van der Waals surface area contributed by atoms with Crippen molar-refractivity contribution >= 4 is 12.7 Å². The van der Waals surface area contributed by atoms with Crippen molar-refractivity contribution in [3.8, 4) is 5.69 Å². The van der Waals surface area contributed by atoms with E-state index in [9.17, 15) is 0 Å². The van der Waals surface area contributed by atoms with Gasteiger partial charge in [-0.05, 0) is 52.2 Å². The summed E-state index contributed by atoms with van der Waals surface area (Å²) in [5, 5.41) is 4.13. The monoisotopic (exact) mass is 293 g/mol. The average molecular weight is 293 g/mol. The van der Waals surface area contributed by atoms with Crippen molar-refractivity contribution in [2.45, 2.75) is 45.7 Å². The van der Waals surface area contributed by atoms with Crippen LogP contribution in [-0.2, 0) is 9.31 Å². The molecule has 2 aromatic rings. The number of hydrogen-bond acceptors (Lipinski definition) is 3. The fourth-order valence-corrected chi connectivity index (χ4v) is 1.90. The van der Waals surface area contributed by atoms with E-state index in [2.05, 4.69) is 5.10 Å². The van der Waals surface area contributed by atoms with Gasteiger partial charge in [-0.3, -0.25) is 0 Å². The van der Waals surface area contributed by atoms with E-state index >= 15 is 0 Å². The van der Waals surface area contributed by atoms with Crippen LogP contribution >= 0.6 is 0 Å². The fraction of sp³-hybridized carbons (Fsp3) is 0.438. The van der Waals surface area contributed by atoms with Crippen LogP contribution in [0.3, 0.4) is 0 Å². The van der Waals surface area contributed by atoms with Crippen LogP contribution in [0.2, 0.25) is 0 Å². The van der Waals surface area contributed by atoms with E-state index in [-0.39, 0.29) is 5.59 Å². The topological polar surface area (TPSA) is 36.3 Å². The van der Waals surface area contributed by atoms with Gasteiger partial charge in [0.25, 0.3) is 0 Å². The SMILES string of the molecule is [2H]c1c([2H])c([2H])c(C([2H])([2H])[2H])c(-n2nc(B3OC(C)(C)C(C)(C)O3)c([2H])c2[2H])c1[2H]. The Morgan fingerprint density at radius 2 is 1.81 bits per heavy atom. The second-order valence-corrected chi connectivity index (χ2v) is 5.85. The van der Waals surface area contributed by atoms with E-state index in [0.717, 1.165) is 4.68 Å². The summed E-state index contributed by atoms with van der Waals surface area (Å²) in [6.07, 6.45) is -0.546. The summed E-state index contributed by atoms with van der Waals surface area (Å²) >= 11 is 0. The van der Waals surface area contributed by atoms with Crippen molar-refractivity contribution in [3.63, 3.8) is 0 Å². The van der Waals surface area contributed by atoms with Crippen molar-refractivity contribution in [2.24, 2.45) is 0 Å². The predicted molar refractivity (Wildman–Crippen MR) is 84.0 cm³/mol. The molecular formula is C16H21BN2O2. The Bertz CT molecular complexity index is 1020. The fourth-order valence-electron chi connectivity index (χ4n) is 1.90. The van der Waals surface area contributed by atoms with Crippen LogP contribution in [0.15, 0.2) is 36.4 Å². The van der Waals surface area contributed by atoms with Crippen molar-refractivity contribution in [3.05, 3.63) is 41.9 Å². The van der Waals surface area contributed by atoms with E-state index in [4.69, 9.17) is 21.6 Å². The summed E-state index contributed by atoms with van der Waals surface area (Å²) in [5.41, 5.74) is -2.73. The highest BCUT2D eigenvalue weighted by Gasteiger charge is 2.52. The Kier molecular flexibility index (Phi) is 1.60. The first kappa shape index (κ1) is 7.12. The van der Waals surface area contributed by atoms with E-state index in [1.165, 1.54) is 0 Å². The zero-order chi connectivity index (χ0) is 23.0. The molecule has 0 unspecified atom stereocenters. The number of hydrogen-bond donors (Lipinski definition) is 0. The highest BCUT2D eigenvalue weighted by Crippen LogP contribution is 2.36. The maximum Gasteiger partial charge on any atom is 0.516 e. The Hall–Kier alpha value is -1.59. The standard InChI is InChI=1S/C16H21BN2O2/c1-12-8-6-7-9-13(12)19-11-10-14(18-19)17-20-15(2,3)16(4,5)21-17/h6-11H,1-5H3/i1D3,6D,7D,8D,9D,10D,11D. The van der Waals surface area contributed by atoms with Crippen LogP contribution in [0.1, 0.15) is 45.6 Å². The summed E-state index contributed by atoms with van der Waals surface area (Å²) < 4.78 is 84.2. The van der Waals surface area contributed by atoms with Crippen molar-refractivity contribution in [1.29, 1.82) is 0 Å². The molecule has 0 atom stereocenters. The largest absolute Gasteiger partial charge is 0.516 e. The lowest BCUT2D eigenvalue weighted by Gasteiger charge is -2.32. The van der Waals surface area contributed by atoms with E-state index < -0.39 is 72.8 Å². The molecule has 0 bridgehead atoms. The Balaban J connectivity index is 2.27. The number of aromatic nitrogens is 2. The molecule has 5 heteroatoms.